The van der Waals surface area contributed by atoms with E-state index in [1.54, 1.807) is 12.1 Å². The molecule has 6 heteroatoms. The van der Waals surface area contributed by atoms with Crippen molar-refractivity contribution >= 4 is 22.6 Å². The van der Waals surface area contributed by atoms with Gasteiger partial charge in [-0.05, 0) is 35.6 Å². The molecule has 0 saturated carbocycles. The highest BCUT2D eigenvalue weighted by atomic mass is 16.6. The summed E-state index contributed by atoms with van der Waals surface area (Å²) in [6, 6.07) is 20.8. The molecule has 0 saturated heterocycles. The number of carbonyl (C=O) groups is 1. The molecule has 31 heavy (non-hydrogen) atoms. The van der Waals surface area contributed by atoms with Crippen molar-refractivity contribution in [2.24, 2.45) is 5.41 Å². The minimum atomic E-state index is -0.618. The largest absolute Gasteiger partial charge is 0.491 e. The van der Waals surface area contributed by atoms with Crippen LogP contribution in [0.25, 0.3) is 10.8 Å². The molecule has 0 aliphatic heterocycles. The molecule has 0 aliphatic rings. The van der Waals surface area contributed by atoms with Gasteiger partial charge in [0.1, 0.15) is 18.5 Å². The van der Waals surface area contributed by atoms with Crippen LogP contribution < -0.4 is 10.1 Å². The Hall–Kier alpha value is -3.09. The van der Waals surface area contributed by atoms with Gasteiger partial charge in [-0.25, -0.2) is 4.79 Å². The van der Waals surface area contributed by atoms with E-state index in [-0.39, 0.29) is 19.8 Å². The highest BCUT2D eigenvalue weighted by Crippen LogP contribution is 2.40. The standard InChI is InChI=1S/C25H29NO5/c1-25(2,13-14-27)23(19-9-5-10-20(17-19)30-16-15-28)31-24(29)26-22-12-6-8-18-7-3-4-11-21(18)22/h3-12,17,23,27-28H,13-16H2,1-2H3,(H,26,29)/t23-/m1/s1. The predicted molar refractivity (Wildman–Crippen MR) is 121 cm³/mol. The Bertz CT molecular complexity index is 1010. The van der Waals surface area contributed by atoms with E-state index in [1.807, 2.05) is 68.4 Å². The van der Waals surface area contributed by atoms with Crippen LogP contribution in [-0.4, -0.2) is 36.1 Å². The van der Waals surface area contributed by atoms with Crippen LogP contribution in [0.2, 0.25) is 0 Å². The van der Waals surface area contributed by atoms with E-state index in [0.717, 1.165) is 16.3 Å². The van der Waals surface area contributed by atoms with Crippen molar-refractivity contribution in [2.75, 3.05) is 25.1 Å². The summed E-state index contributed by atoms with van der Waals surface area (Å²) in [6.07, 6.45) is -0.748. The number of hydrogen-bond acceptors (Lipinski definition) is 5. The van der Waals surface area contributed by atoms with E-state index in [0.29, 0.717) is 17.9 Å². The summed E-state index contributed by atoms with van der Waals surface area (Å²) in [5, 5.41) is 23.4. The summed E-state index contributed by atoms with van der Waals surface area (Å²) in [7, 11) is 0. The van der Waals surface area contributed by atoms with Crippen molar-refractivity contribution in [1.29, 1.82) is 0 Å². The van der Waals surface area contributed by atoms with Crippen LogP contribution in [-0.2, 0) is 4.74 Å². The number of ether oxygens (including phenoxy) is 2. The van der Waals surface area contributed by atoms with Gasteiger partial charge in [0, 0.05) is 17.4 Å². The molecular formula is C25H29NO5. The zero-order valence-corrected chi connectivity index (χ0v) is 17.9. The molecule has 3 aromatic rings. The lowest BCUT2D eigenvalue weighted by Gasteiger charge is -2.34. The lowest BCUT2D eigenvalue weighted by molar-refractivity contribution is 0.0151. The minimum absolute atomic E-state index is 0.0293. The van der Waals surface area contributed by atoms with Crippen molar-refractivity contribution in [3.8, 4) is 5.75 Å². The average molecular weight is 424 g/mol. The molecule has 0 bridgehead atoms. The van der Waals surface area contributed by atoms with Gasteiger partial charge in [-0.3, -0.25) is 5.32 Å². The number of fused-ring (bicyclic) bond motifs is 1. The number of hydrogen-bond donors (Lipinski definition) is 3. The first-order chi connectivity index (χ1) is 14.9. The van der Waals surface area contributed by atoms with Gasteiger partial charge in [0.2, 0.25) is 0 Å². The third-order valence-electron chi connectivity index (χ3n) is 5.24. The Morgan fingerprint density at radius 3 is 2.52 bits per heavy atom. The number of nitrogens with one attached hydrogen (secondary N) is 1. The van der Waals surface area contributed by atoms with Gasteiger partial charge in [-0.1, -0.05) is 62.4 Å². The number of aliphatic hydroxyl groups excluding tert-OH is 2. The highest BCUT2D eigenvalue weighted by Gasteiger charge is 2.34. The van der Waals surface area contributed by atoms with Gasteiger partial charge in [0.05, 0.1) is 12.3 Å². The number of anilines is 1. The lowest BCUT2D eigenvalue weighted by atomic mass is 9.80. The van der Waals surface area contributed by atoms with E-state index < -0.39 is 17.6 Å². The predicted octanol–water partition coefficient (Wildman–Crippen LogP) is 4.91. The number of carbonyl (C=O) groups excluding carboxylic acids is 1. The Labute approximate surface area is 182 Å². The fourth-order valence-electron chi connectivity index (χ4n) is 3.61. The molecule has 164 valence electrons. The molecule has 0 fully saturated rings. The van der Waals surface area contributed by atoms with E-state index in [1.165, 1.54) is 0 Å². The molecule has 0 aliphatic carbocycles. The Balaban J connectivity index is 1.85. The second-order valence-electron chi connectivity index (χ2n) is 8.04. The Kier molecular flexibility index (Phi) is 7.50. The van der Waals surface area contributed by atoms with E-state index >= 15 is 0 Å². The normalized spacial score (nSPS) is 12.4. The minimum Gasteiger partial charge on any atom is -0.491 e. The van der Waals surface area contributed by atoms with Gasteiger partial charge >= 0.3 is 6.09 Å². The summed E-state index contributed by atoms with van der Waals surface area (Å²) < 4.78 is 11.4. The second kappa shape index (κ2) is 10.3. The summed E-state index contributed by atoms with van der Waals surface area (Å²) >= 11 is 0. The number of aliphatic hydroxyl groups is 2. The van der Waals surface area contributed by atoms with Gasteiger partial charge in [0.25, 0.3) is 0 Å². The van der Waals surface area contributed by atoms with Crippen molar-refractivity contribution in [2.45, 2.75) is 26.4 Å². The van der Waals surface area contributed by atoms with Crippen LogP contribution in [0.3, 0.4) is 0 Å². The molecule has 0 heterocycles. The molecule has 1 atom stereocenters. The number of benzene rings is 3. The molecule has 0 radical (unpaired) electrons. The zero-order chi connectivity index (χ0) is 22.3. The second-order valence-corrected chi connectivity index (χ2v) is 8.04. The van der Waals surface area contributed by atoms with Crippen LogP contribution in [0.4, 0.5) is 10.5 Å². The Morgan fingerprint density at radius 1 is 1.00 bits per heavy atom. The maximum Gasteiger partial charge on any atom is 0.412 e. The topological polar surface area (TPSA) is 88.0 Å². The summed E-state index contributed by atoms with van der Waals surface area (Å²) in [6.45, 7) is 3.95. The van der Waals surface area contributed by atoms with Crippen LogP contribution in [0.15, 0.2) is 66.7 Å². The SMILES string of the molecule is CC(C)(CCO)[C@H](OC(=O)Nc1cccc2ccccc12)c1cccc(OCCO)c1. The smallest absolute Gasteiger partial charge is 0.412 e. The molecule has 0 unspecified atom stereocenters. The zero-order valence-electron chi connectivity index (χ0n) is 17.9. The molecule has 0 spiro atoms. The van der Waals surface area contributed by atoms with Gasteiger partial charge in [-0.2, -0.15) is 0 Å². The van der Waals surface area contributed by atoms with Crippen molar-refractivity contribution < 1.29 is 24.5 Å². The van der Waals surface area contributed by atoms with E-state index in [2.05, 4.69) is 5.32 Å². The van der Waals surface area contributed by atoms with Gasteiger partial charge < -0.3 is 19.7 Å². The fourth-order valence-corrected chi connectivity index (χ4v) is 3.61. The first-order valence-corrected chi connectivity index (χ1v) is 10.3. The first kappa shape index (κ1) is 22.6. The van der Waals surface area contributed by atoms with Crippen molar-refractivity contribution in [1.82, 2.24) is 0 Å². The van der Waals surface area contributed by atoms with Crippen LogP contribution in [0.5, 0.6) is 5.75 Å². The summed E-state index contributed by atoms with van der Waals surface area (Å²) in [4.78, 5) is 12.9. The fraction of sp³-hybridized carbons (Fsp3) is 0.320. The van der Waals surface area contributed by atoms with Crippen LogP contribution in [0.1, 0.15) is 31.9 Å². The maximum absolute atomic E-state index is 12.9. The Morgan fingerprint density at radius 2 is 1.74 bits per heavy atom. The number of amides is 1. The third kappa shape index (κ3) is 5.75. The van der Waals surface area contributed by atoms with Crippen LogP contribution >= 0.6 is 0 Å². The molecular weight excluding hydrogens is 394 g/mol. The monoisotopic (exact) mass is 423 g/mol. The van der Waals surface area contributed by atoms with Crippen molar-refractivity contribution in [3.05, 3.63) is 72.3 Å². The van der Waals surface area contributed by atoms with Gasteiger partial charge in [-0.15, -0.1) is 0 Å². The van der Waals surface area contributed by atoms with Crippen LogP contribution in [0, 0.1) is 5.41 Å². The lowest BCUT2D eigenvalue weighted by Crippen LogP contribution is -2.30. The third-order valence-corrected chi connectivity index (χ3v) is 5.24. The average Bonchev–Trinajstić information content (AvgIpc) is 2.76. The molecule has 3 N–H and O–H groups in total. The van der Waals surface area contributed by atoms with E-state index in [4.69, 9.17) is 14.6 Å². The highest BCUT2D eigenvalue weighted by molar-refractivity contribution is 6.00. The number of rotatable bonds is 9. The van der Waals surface area contributed by atoms with Crippen molar-refractivity contribution in [3.63, 3.8) is 0 Å². The molecule has 3 aromatic carbocycles. The summed E-state index contributed by atoms with van der Waals surface area (Å²) in [5.74, 6) is 0.578. The molecule has 0 aromatic heterocycles. The van der Waals surface area contributed by atoms with E-state index in [9.17, 15) is 9.90 Å². The quantitative estimate of drug-likeness (QED) is 0.455. The molecule has 6 nitrogen and oxygen atoms in total. The summed E-state index contributed by atoms with van der Waals surface area (Å²) in [5.41, 5.74) is 0.893. The first-order valence-electron chi connectivity index (χ1n) is 10.3. The molecule has 3 rings (SSSR count). The maximum atomic E-state index is 12.9. The van der Waals surface area contributed by atoms with Gasteiger partial charge in [0.15, 0.2) is 0 Å². The molecule has 1 amide bonds.